The first kappa shape index (κ1) is 15.5. The largest absolute Gasteiger partial charge is 0.523 e. The molecule has 18 heavy (non-hydrogen) atoms. The molecule has 0 radical (unpaired) electrons. The molecule has 0 spiro atoms. The van der Waals surface area contributed by atoms with E-state index in [9.17, 15) is 34.8 Å². The summed E-state index contributed by atoms with van der Waals surface area (Å²) in [5.41, 5.74) is -5.91. The Morgan fingerprint density at radius 3 is 2.06 bits per heavy atom. The summed E-state index contributed by atoms with van der Waals surface area (Å²) in [6.07, 6.45) is -10.2. The van der Waals surface area contributed by atoms with Gasteiger partial charge in [-0.15, -0.1) is 0 Å². The molecule has 2 atom stereocenters. The van der Waals surface area contributed by atoms with E-state index in [1.165, 1.54) is 0 Å². The number of halogens is 6. The van der Waals surface area contributed by atoms with E-state index in [-0.39, 0.29) is 19.4 Å². The summed E-state index contributed by atoms with van der Waals surface area (Å²) in [7, 11) is -6.32. The highest BCUT2D eigenvalue weighted by Gasteiger charge is 2.56. The molecule has 1 rings (SSSR count). The Morgan fingerprint density at radius 2 is 1.72 bits per heavy atom. The van der Waals surface area contributed by atoms with Gasteiger partial charge in [0.15, 0.2) is 6.10 Å². The molecule has 1 fully saturated rings. The Morgan fingerprint density at radius 1 is 1.17 bits per heavy atom. The molecule has 0 aromatic rings. The molecule has 11 heteroatoms. The van der Waals surface area contributed by atoms with Crippen LogP contribution in [-0.2, 0) is 19.0 Å². The molecule has 0 aliphatic carbocycles. The average molecular weight is 302 g/mol. The standard InChI is InChI=1S/C7H8F6O4S/c8-6(9,10)5(4-2-1-3-16-4)17-18(14,15)7(11,12)13/h4-5H,1-3H2/t4-,5+/m1/s1. The van der Waals surface area contributed by atoms with Crippen molar-refractivity contribution in [2.24, 2.45) is 0 Å². The molecule has 1 aliphatic rings. The van der Waals surface area contributed by atoms with Gasteiger partial charge in [-0.05, 0) is 12.8 Å². The summed E-state index contributed by atoms with van der Waals surface area (Å²) in [6.45, 7) is -0.0906. The van der Waals surface area contributed by atoms with E-state index in [1.54, 1.807) is 0 Å². The van der Waals surface area contributed by atoms with Crippen LogP contribution in [0.2, 0.25) is 0 Å². The van der Waals surface area contributed by atoms with E-state index >= 15 is 0 Å². The van der Waals surface area contributed by atoms with E-state index in [1.807, 2.05) is 0 Å². The van der Waals surface area contributed by atoms with Gasteiger partial charge in [-0.1, -0.05) is 0 Å². The van der Waals surface area contributed by atoms with Gasteiger partial charge in [0.25, 0.3) is 0 Å². The predicted octanol–water partition coefficient (Wildman–Crippen LogP) is 1.96. The fourth-order valence-corrected chi connectivity index (χ4v) is 1.97. The van der Waals surface area contributed by atoms with Crippen LogP contribution in [0, 0.1) is 0 Å². The van der Waals surface area contributed by atoms with Gasteiger partial charge in [0.2, 0.25) is 0 Å². The van der Waals surface area contributed by atoms with E-state index < -0.39 is 34.0 Å². The third kappa shape index (κ3) is 3.48. The minimum Gasteiger partial charge on any atom is -0.375 e. The lowest BCUT2D eigenvalue weighted by Crippen LogP contribution is -2.45. The number of rotatable bonds is 3. The van der Waals surface area contributed by atoms with Gasteiger partial charge in [0, 0.05) is 6.61 Å². The maximum atomic E-state index is 12.5. The zero-order valence-corrected chi connectivity index (χ0v) is 9.40. The van der Waals surface area contributed by atoms with E-state index in [4.69, 9.17) is 0 Å². The first-order valence-corrected chi connectivity index (χ1v) is 6.04. The van der Waals surface area contributed by atoms with Crippen molar-refractivity contribution in [3.8, 4) is 0 Å². The lowest BCUT2D eigenvalue weighted by molar-refractivity contribution is -0.223. The van der Waals surface area contributed by atoms with Crippen LogP contribution < -0.4 is 0 Å². The molecular weight excluding hydrogens is 294 g/mol. The van der Waals surface area contributed by atoms with Crippen molar-refractivity contribution in [2.45, 2.75) is 36.7 Å². The third-order valence-corrected chi connectivity index (χ3v) is 3.17. The summed E-state index contributed by atoms with van der Waals surface area (Å²) in [4.78, 5) is 0. The number of ether oxygens (including phenoxy) is 1. The lowest BCUT2D eigenvalue weighted by Gasteiger charge is -2.25. The van der Waals surface area contributed by atoms with Crippen LogP contribution in [0.1, 0.15) is 12.8 Å². The molecule has 0 amide bonds. The molecule has 1 aliphatic heterocycles. The van der Waals surface area contributed by atoms with Crippen LogP contribution in [0.5, 0.6) is 0 Å². The van der Waals surface area contributed by atoms with E-state index in [0.29, 0.717) is 0 Å². The molecule has 0 saturated carbocycles. The molecule has 1 heterocycles. The van der Waals surface area contributed by atoms with Crippen molar-refractivity contribution in [1.82, 2.24) is 0 Å². The normalized spacial score (nSPS) is 24.2. The molecule has 1 saturated heterocycles. The van der Waals surface area contributed by atoms with E-state index in [2.05, 4.69) is 8.92 Å². The fraction of sp³-hybridized carbons (Fsp3) is 1.00. The van der Waals surface area contributed by atoms with Gasteiger partial charge in [-0.25, -0.2) is 4.18 Å². The van der Waals surface area contributed by atoms with Gasteiger partial charge in [-0.2, -0.15) is 34.8 Å². The van der Waals surface area contributed by atoms with E-state index in [0.717, 1.165) is 0 Å². The Balaban J connectivity index is 2.93. The Kier molecular flexibility index (Phi) is 4.18. The second-order valence-electron chi connectivity index (χ2n) is 3.51. The minimum atomic E-state index is -6.32. The first-order chi connectivity index (χ1) is 7.95. The molecular formula is C7H8F6O4S. The summed E-state index contributed by atoms with van der Waals surface area (Å²) in [6, 6.07) is 0. The SMILES string of the molecule is O=S(=O)(O[C@@H]([C@H]1CCCO1)C(F)(F)F)C(F)(F)F. The maximum Gasteiger partial charge on any atom is 0.523 e. The summed E-state index contributed by atoms with van der Waals surface area (Å²) < 4.78 is 102. The highest BCUT2D eigenvalue weighted by molar-refractivity contribution is 7.87. The van der Waals surface area contributed by atoms with Gasteiger partial charge < -0.3 is 4.74 Å². The monoisotopic (exact) mass is 302 g/mol. The molecule has 0 bridgehead atoms. The quantitative estimate of drug-likeness (QED) is 0.454. The van der Waals surface area contributed by atoms with Crippen LogP contribution in [0.3, 0.4) is 0 Å². The Bertz CT molecular complexity index is 380. The molecule has 4 nitrogen and oxygen atoms in total. The van der Waals surface area contributed by atoms with Crippen LogP contribution >= 0.6 is 0 Å². The Hall–Kier alpha value is -0.550. The van der Waals surface area contributed by atoms with Gasteiger partial charge in [0.05, 0.1) is 6.10 Å². The van der Waals surface area contributed by atoms with Gasteiger partial charge >= 0.3 is 21.8 Å². The molecule has 0 aromatic heterocycles. The van der Waals surface area contributed by atoms with Crippen molar-refractivity contribution in [3.05, 3.63) is 0 Å². The number of hydrogen-bond acceptors (Lipinski definition) is 4. The van der Waals surface area contributed by atoms with Crippen molar-refractivity contribution in [1.29, 1.82) is 0 Å². The topological polar surface area (TPSA) is 52.6 Å². The molecule has 108 valence electrons. The highest BCUT2D eigenvalue weighted by atomic mass is 32.2. The zero-order valence-electron chi connectivity index (χ0n) is 8.59. The van der Waals surface area contributed by atoms with Crippen molar-refractivity contribution < 1.29 is 43.7 Å². The molecule has 0 N–H and O–H groups in total. The second kappa shape index (κ2) is 4.85. The highest BCUT2D eigenvalue weighted by Crippen LogP contribution is 2.35. The second-order valence-corrected chi connectivity index (χ2v) is 5.07. The van der Waals surface area contributed by atoms with Gasteiger partial charge in [0.1, 0.15) is 0 Å². The number of hydrogen-bond donors (Lipinski definition) is 0. The average Bonchev–Trinajstić information content (AvgIpc) is 2.62. The molecule has 0 aromatic carbocycles. The minimum absolute atomic E-state index is 0.0906. The summed E-state index contributed by atoms with van der Waals surface area (Å²) in [5.74, 6) is 0. The van der Waals surface area contributed by atoms with Crippen molar-refractivity contribution >= 4 is 10.1 Å². The van der Waals surface area contributed by atoms with Crippen LogP contribution in [0.25, 0.3) is 0 Å². The summed E-state index contributed by atoms with van der Waals surface area (Å²) in [5, 5.41) is 0. The fourth-order valence-electron chi connectivity index (χ4n) is 1.36. The lowest BCUT2D eigenvalue weighted by atomic mass is 10.1. The third-order valence-electron chi connectivity index (χ3n) is 2.14. The zero-order chi connectivity index (χ0) is 14.2. The van der Waals surface area contributed by atoms with Crippen molar-refractivity contribution in [3.63, 3.8) is 0 Å². The Labute approximate surface area is 98.0 Å². The molecule has 0 unspecified atom stereocenters. The maximum absolute atomic E-state index is 12.5. The van der Waals surface area contributed by atoms with Crippen LogP contribution in [0.4, 0.5) is 26.3 Å². The van der Waals surface area contributed by atoms with Crippen LogP contribution in [0.15, 0.2) is 0 Å². The van der Waals surface area contributed by atoms with Gasteiger partial charge in [-0.3, -0.25) is 0 Å². The van der Waals surface area contributed by atoms with Crippen molar-refractivity contribution in [2.75, 3.05) is 6.61 Å². The van der Waals surface area contributed by atoms with Crippen LogP contribution in [-0.4, -0.2) is 38.9 Å². The summed E-state index contributed by atoms with van der Waals surface area (Å²) >= 11 is 0. The predicted molar refractivity (Wildman–Crippen MR) is 44.9 cm³/mol. The first-order valence-electron chi connectivity index (χ1n) is 4.63. The smallest absolute Gasteiger partial charge is 0.375 e. The number of alkyl halides is 6.